The minimum Gasteiger partial charge on any atom is -0.432 e. The highest BCUT2D eigenvalue weighted by Crippen LogP contribution is 2.63. The lowest BCUT2D eigenvalue weighted by atomic mass is 9.66. The molecular weight excluding hydrogens is 658 g/mol. The Hall–Kier alpha value is -3.11. The Kier molecular flexibility index (Phi) is 13.4. The van der Waals surface area contributed by atoms with Gasteiger partial charge in [-0.05, 0) is 98.6 Å². The second-order valence-electron chi connectivity index (χ2n) is 16.9. The normalized spacial score (nSPS) is 17.5. The van der Waals surface area contributed by atoms with E-state index in [4.69, 9.17) is 12.5 Å². The summed E-state index contributed by atoms with van der Waals surface area (Å²) in [5.41, 5.74) is 14.4. The van der Waals surface area contributed by atoms with E-state index in [0.29, 0.717) is 0 Å². The van der Waals surface area contributed by atoms with Crippen molar-refractivity contribution >= 4 is 26.3 Å². The van der Waals surface area contributed by atoms with Gasteiger partial charge in [0.05, 0.1) is 18.6 Å². The van der Waals surface area contributed by atoms with Gasteiger partial charge in [-0.2, -0.15) is 0 Å². The molecule has 3 unspecified atom stereocenters. The minimum absolute atomic E-state index is 0.00786. The summed E-state index contributed by atoms with van der Waals surface area (Å²) in [5, 5.41) is 19.3. The summed E-state index contributed by atoms with van der Waals surface area (Å²) in [6.45, 7) is 12.4. The van der Waals surface area contributed by atoms with Gasteiger partial charge in [0.15, 0.2) is 0 Å². The fraction of sp³-hybridized carbons (Fsp3) is 0.510. The Morgan fingerprint density at radius 3 is 1.63 bits per heavy atom. The van der Waals surface area contributed by atoms with E-state index in [1.54, 1.807) is 7.48 Å². The third kappa shape index (κ3) is 7.67. The van der Waals surface area contributed by atoms with Gasteiger partial charge < -0.3 is 14.9 Å². The van der Waals surface area contributed by atoms with E-state index in [1.165, 1.54) is 113 Å². The molecule has 2 N–H and O–H groups in total. The molecule has 0 fully saturated rings. The lowest BCUT2D eigenvalue weighted by molar-refractivity contribution is 0.209. The van der Waals surface area contributed by atoms with Gasteiger partial charge in [-0.1, -0.05) is 176 Å². The molecule has 3 nitrogen and oxygen atoms in total. The van der Waals surface area contributed by atoms with Crippen molar-refractivity contribution in [2.75, 3.05) is 19.8 Å². The van der Waals surface area contributed by atoms with E-state index in [0.717, 1.165) is 43.0 Å². The zero-order valence-corrected chi connectivity index (χ0v) is 33.9. The Morgan fingerprint density at radius 2 is 1.07 bits per heavy atom. The number of rotatable bonds is 21. The molecular formula is C49H63B2O3. The molecule has 3 radical (unpaired) electrons. The van der Waals surface area contributed by atoms with Crippen LogP contribution in [0.1, 0.15) is 158 Å². The van der Waals surface area contributed by atoms with Crippen LogP contribution in [0, 0.1) is 0 Å². The third-order valence-electron chi connectivity index (χ3n) is 13.2. The number of aliphatic hydroxyl groups is 2. The first-order valence-corrected chi connectivity index (χ1v) is 21.2. The Balaban J connectivity index is 1.60. The van der Waals surface area contributed by atoms with E-state index in [-0.39, 0.29) is 30.7 Å². The maximum atomic E-state index is 9.78. The van der Waals surface area contributed by atoms with Crippen molar-refractivity contribution in [2.24, 2.45) is 0 Å². The van der Waals surface area contributed by atoms with Crippen LogP contribution in [0.25, 0.3) is 22.3 Å². The predicted molar refractivity (Wildman–Crippen MR) is 230 cm³/mol. The van der Waals surface area contributed by atoms with Crippen molar-refractivity contribution in [3.63, 3.8) is 0 Å². The second kappa shape index (κ2) is 17.8. The van der Waals surface area contributed by atoms with Crippen LogP contribution in [0.15, 0.2) is 72.8 Å². The lowest BCUT2D eigenvalue weighted by Gasteiger charge is -2.35. The van der Waals surface area contributed by atoms with E-state index in [9.17, 15) is 10.2 Å². The number of hydrogen-bond donors (Lipinski definition) is 2. The van der Waals surface area contributed by atoms with Gasteiger partial charge in [0.1, 0.15) is 7.85 Å². The van der Waals surface area contributed by atoms with Crippen molar-refractivity contribution in [1.29, 1.82) is 0 Å². The first-order chi connectivity index (χ1) is 26.2. The molecule has 283 valence electrons. The SMILES string of the molecule is [B]c1ccc2c(c1)C1(c3cc([B]OCCO)ccc3-2)c2cc(C(C)(CC)CCCCCC)ccc2-c2ccc(C(C)(CCCCO)CCCCCC)cc21. The van der Waals surface area contributed by atoms with Crippen LogP contribution >= 0.6 is 0 Å². The third-order valence-corrected chi connectivity index (χ3v) is 13.2. The topological polar surface area (TPSA) is 49.7 Å². The van der Waals surface area contributed by atoms with Crippen LogP contribution in [-0.2, 0) is 20.9 Å². The average Bonchev–Trinajstić information content (AvgIpc) is 3.64. The van der Waals surface area contributed by atoms with Gasteiger partial charge >= 0.3 is 7.48 Å². The monoisotopic (exact) mass is 721 g/mol. The summed E-state index contributed by atoms with van der Waals surface area (Å²) in [4.78, 5) is 0. The van der Waals surface area contributed by atoms with Crippen LogP contribution < -0.4 is 10.9 Å². The Labute approximate surface area is 329 Å². The van der Waals surface area contributed by atoms with E-state index in [1.807, 2.05) is 0 Å². The van der Waals surface area contributed by atoms with E-state index < -0.39 is 5.41 Å². The molecule has 0 saturated carbocycles. The largest absolute Gasteiger partial charge is 0.432 e. The quantitative estimate of drug-likeness (QED) is 0.0575. The number of fused-ring (bicyclic) bond motifs is 10. The average molecular weight is 722 g/mol. The molecule has 4 aromatic carbocycles. The number of benzene rings is 4. The van der Waals surface area contributed by atoms with Crippen LogP contribution in [0.2, 0.25) is 0 Å². The zero-order valence-electron chi connectivity index (χ0n) is 33.9. The zero-order chi connectivity index (χ0) is 38.3. The molecule has 5 heteroatoms. The predicted octanol–water partition coefficient (Wildman–Crippen LogP) is 10.1. The number of unbranched alkanes of at least 4 members (excludes halogenated alkanes) is 7. The van der Waals surface area contributed by atoms with Crippen LogP contribution in [-0.4, -0.2) is 45.4 Å². The molecule has 0 heterocycles. The fourth-order valence-electron chi connectivity index (χ4n) is 9.75. The van der Waals surface area contributed by atoms with Crippen LogP contribution in [0.5, 0.6) is 0 Å². The summed E-state index contributed by atoms with van der Waals surface area (Å²) < 4.78 is 5.80. The van der Waals surface area contributed by atoms with Gasteiger partial charge in [-0.3, -0.25) is 0 Å². The van der Waals surface area contributed by atoms with Gasteiger partial charge in [0, 0.05) is 6.61 Å². The van der Waals surface area contributed by atoms with Gasteiger partial charge in [0.25, 0.3) is 0 Å². The summed E-state index contributed by atoms with van der Waals surface area (Å²) in [6.07, 6.45) is 16.3. The summed E-state index contributed by atoms with van der Waals surface area (Å²) >= 11 is 0. The first kappa shape index (κ1) is 40.5. The van der Waals surface area contributed by atoms with Gasteiger partial charge in [-0.25, -0.2) is 0 Å². The maximum Gasteiger partial charge on any atom is 0.330 e. The molecule has 0 aromatic heterocycles. The molecule has 1 spiro atoms. The fourth-order valence-corrected chi connectivity index (χ4v) is 9.75. The van der Waals surface area contributed by atoms with Crippen molar-refractivity contribution < 1.29 is 14.9 Å². The van der Waals surface area contributed by atoms with Gasteiger partial charge in [0.2, 0.25) is 0 Å². The molecule has 54 heavy (non-hydrogen) atoms. The highest BCUT2D eigenvalue weighted by atomic mass is 16.4. The highest BCUT2D eigenvalue weighted by molar-refractivity contribution is 6.47. The summed E-state index contributed by atoms with van der Waals surface area (Å²) in [7, 11) is 8.54. The molecule has 0 aliphatic heterocycles. The van der Waals surface area contributed by atoms with E-state index >= 15 is 0 Å². The molecule has 2 aliphatic carbocycles. The standard InChI is InChI=1S/C49H63B2O3/c1-6-9-11-13-25-47(4,8-3)35-17-21-39-40-22-18-36(48(5,27-15-16-28-52)26-14-12-10-7-2)32-44(40)49(43(39)31-35)45-33-37(50)19-23-41(45)42-24-20-38(34-46(42)49)51-54-30-29-53/h17-24,31-34,52-53H,6-16,25-30H2,1-5H3. The smallest absolute Gasteiger partial charge is 0.330 e. The van der Waals surface area contributed by atoms with Gasteiger partial charge in [-0.15, -0.1) is 0 Å². The van der Waals surface area contributed by atoms with Crippen molar-refractivity contribution in [3.8, 4) is 22.3 Å². The van der Waals surface area contributed by atoms with Crippen molar-refractivity contribution in [1.82, 2.24) is 0 Å². The summed E-state index contributed by atoms with van der Waals surface area (Å²) in [6, 6.07) is 28.1. The van der Waals surface area contributed by atoms with Crippen LogP contribution in [0.3, 0.4) is 0 Å². The summed E-state index contributed by atoms with van der Waals surface area (Å²) in [5.74, 6) is 0. The molecule has 3 atom stereocenters. The maximum absolute atomic E-state index is 9.78. The Morgan fingerprint density at radius 1 is 0.574 bits per heavy atom. The molecule has 4 aromatic rings. The van der Waals surface area contributed by atoms with Crippen molar-refractivity contribution in [2.45, 2.75) is 141 Å². The second-order valence-corrected chi connectivity index (χ2v) is 16.9. The molecule has 2 aliphatic rings. The first-order valence-electron chi connectivity index (χ1n) is 21.2. The number of aliphatic hydroxyl groups excluding tert-OH is 2. The Bertz CT molecular complexity index is 1890. The lowest BCUT2D eigenvalue weighted by Crippen LogP contribution is -2.31. The minimum atomic E-state index is -0.553. The van der Waals surface area contributed by atoms with Crippen molar-refractivity contribution in [3.05, 3.63) is 106 Å². The molecule has 6 rings (SSSR count). The van der Waals surface area contributed by atoms with Crippen LogP contribution in [0.4, 0.5) is 0 Å². The number of hydrogen-bond acceptors (Lipinski definition) is 3. The highest BCUT2D eigenvalue weighted by Gasteiger charge is 2.52. The molecule has 0 saturated heterocycles. The molecule has 0 amide bonds. The van der Waals surface area contributed by atoms with E-state index in [2.05, 4.69) is 107 Å². The molecule has 0 bridgehead atoms.